The summed E-state index contributed by atoms with van der Waals surface area (Å²) < 4.78 is 6.69. The van der Waals surface area contributed by atoms with Gasteiger partial charge in [0.2, 0.25) is 5.91 Å². The third-order valence-corrected chi connectivity index (χ3v) is 4.22. The number of carbonyl (C=O) groups is 2. The second kappa shape index (κ2) is 8.58. The van der Waals surface area contributed by atoms with Crippen molar-refractivity contribution < 1.29 is 14.3 Å². The van der Waals surface area contributed by atoms with Crippen molar-refractivity contribution in [1.29, 1.82) is 0 Å². The van der Waals surface area contributed by atoms with Crippen molar-refractivity contribution >= 4 is 29.1 Å². The number of methoxy groups -OCH3 is 1. The summed E-state index contributed by atoms with van der Waals surface area (Å²) in [6.07, 6.45) is 3.06. The molecule has 0 saturated carbocycles. The van der Waals surface area contributed by atoms with Gasteiger partial charge < -0.3 is 15.0 Å². The van der Waals surface area contributed by atoms with Crippen molar-refractivity contribution in [3.05, 3.63) is 71.5 Å². The molecule has 2 aromatic carbocycles. The number of aromatic nitrogens is 2. The molecule has 7 nitrogen and oxygen atoms in total. The molecule has 144 valence electrons. The van der Waals surface area contributed by atoms with E-state index in [-0.39, 0.29) is 18.4 Å². The summed E-state index contributed by atoms with van der Waals surface area (Å²) in [5, 5.41) is 7.51. The number of anilines is 1. The first kappa shape index (κ1) is 19.4. The molecule has 3 rings (SSSR count). The van der Waals surface area contributed by atoms with Crippen LogP contribution >= 0.6 is 11.6 Å². The zero-order chi connectivity index (χ0) is 20.1. The third-order valence-electron chi connectivity index (χ3n) is 3.98. The number of amides is 2. The van der Waals surface area contributed by atoms with Crippen molar-refractivity contribution in [3.63, 3.8) is 0 Å². The highest BCUT2D eigenvalue weighted by molar-refractivity contribution is 6.30. The molecule has 1 heterocycles. The average Bonchev–Trinajstić information content (AvgIpc) is 3.17. The fourth-order valence-electron chi connectivity index (χ4n) is 2.60. The quantitative estimate of drug-likeness (QED) is 0.691. The molecule has 0 fully saturated rings. The zero-order valence-electron chi connectivity index (χ0n) is 15.4. The molecular weight excluding hydrogens is 380 g/mol. The smallest absolute Gasteiger partial charge is 0.257 e. The van der Waals surface area contributed by atoms with Crippen LogP contribution in [0.25, 0.3) is 5.69 Å². The maximum absolute atomic E-state index is 12.6. The van der Waals surface area contributed by atoms with Crippen LogP contribution in [0.5, 0.6) is 5.75 Å². The highest BCUT2D eigenvalue weighted by Gasteiger charge is 2.17. The molecule has 3 aromatic rings. The molecule has 0 spiro atoms. The van der Waals surface area contributed by atoms with Gasteiger partial charge in [0.25, 0.3) is 5.91 Å². The fraction of sp³-hybridized carbons (Fsp3) is 0.150. The van der Waals surface area contributed by atoms with Crippen LogP contribution in [0.2, 0.25) is 5.02 Å². The number of hydrogen-bond acceptors (Lipinski definition) is 4. The molecule has 28 heavy (non-hydrogen) atoms. The van der Waals surface area contributed by atoms with Crippen LogP contribution < -0.4 is 10.1 Å². The number of benzene rings is 2. The van der Waals surface area contributed by atoms with E-state index in [1.54, 1.807) is 67.5 Å². The number of hydrogen-bond donors (Lipinski definition) is 1. The van der Waals surface area contributed by atoms with Gasteiger partial charge in [-0.2, -0.15) is 5.10 Å². The Labute approximate surface area is 167 Å². The molecule has 1 aromatic heterocycles. The Balaban J connectivity index is 1.63. The van der Waals surface area contributed by atoms with Crippen LogP contribution in [0, 0.1) is 0 Å². The summed E-state index contributed by atoms with van der Waals surface area (Å²) in [4.78, 5) is 26.2. The second-order valence-electron chi connectivity index (χ2n) is 6.09. The summed E-state index contributed by atoms with van der Waals surface area (Å²) in [6, 6.07) is 14.1. The Morgan fingerprint density at radius 1 is 1.21 bits per heavy atom. The molecular formula is C20H19ClN4O3. The topological polar surface area (TPSA) is 76.5 Å². The van der Waals surface area contributed by atoms with E-state index >= 15 is 0 Å². The van der Waals surface area contributed by atoms with Gasteiger partial charge in [0.15, 0.2) is 0 Å². The lowest BCUT2D eigenvalue weighted by molar-refractivity contribution is -0.116. The molecule has 1 N–H and O–H groups in total. The Bertz CT molecular complexity index is 1000. The van der Waals surface area contributed by atoms with Gasteiger partial charge in [-0.25, -0.2) is 4.68 Å². The number of likely N-dealkylation sites (N-methyl/N-ethyl adjacent to an activating group) is 1. The van der Waals surface area contributed by atoms with Gasteiger partial charge in [0.05, 0.1) is 31.1 Å². The van der Waals surface area contributed by atoms with Crippen molar-refractivity contribution in [1.82, 2.24) is 14.7 Å². The van der Waals surface area contributed by atoms with Gasteiger partial charge in [0, 0.05) is 30.0 Å². The number of nitrogens with zero attached hydrogens (tertiary/aromatic N) is 3. The molecule has 0 aliphatic heterocycles. The summed E-state index contributed by atoms with van der Waals surface area (Å²) in [7, 11) is 3.11. The molecule has 0 aliphatic rings. The molecule has 0 atom stereocenters. The number of nitrogens with one attached hydrogen (secondary N) is 1. The van der Waals surface area contributed by atoms with E-state index in [1.807, 2.05) is 6.07 Å². The molecule has 8 heteroatoms. The summed E-state index contributed by atoms with van der Waals surface area (Å²) in [6.45, 7) is -0.0988. The first-order chi connectivity index (χ1) is 13.5. The van der Waals surface area contributed by atoms with Crippen LogP contribution in [-0.2, 0) is 4.79 Å². The predicted octanol–water partition coefficient (Wildman–Crippen LogP) is 3.25. The largest absolute Gasteiger partial charge is 0.497 e. The molecule has 0 unspecified atom stereocenters. The number of halogens is 1. The zero-order valence-corrected chi connectivity index (χ0v) is 16.2. The highest BCUT2D eigenvalue weighted by Crippen LogP contribution is 2.17. The first-order valence-electron chi connectivity index (χ1n) is 8.46. The van der Waals surface area contributed by atoms with Crippen molar-refractivity contribution in [3.8, 4) is 11.4 Å². The minimum atomic E-state index is -0.314. The lowest BCUT2D eigenvalue weighted by atomic mass is 10.3. The van der Waals surface area contributed by atoms with E-state index < -0.39 is 0 Å². The van der Waals surface area contributed by atoms with E-state index in [0.717, 1.165) is 5.69 Å². The van der Waals surface area contributed by atoms with Crippen LogP contribution in [-0.4, -0.2) is 47.2 Å². The summed E-state index contributed by atoms with van der Waals surface area (Å²) in [5.74, 6) is 0.0102. The van der Waals surface area contributed by atoms with Crippen LogP contribution in [0.4, 0.5) is 5.69 Å². The van der Waals surface area contributed by atoms with Gasteiger partial charge in [0.1, 0.15) is 5.75 Å². The number of rotatable bonds is 6. The van der Waals surface area contributed by atoms with Gasteiger partial charge >= 0.3 is 0 Å². The third kappa shape index (κ3) is 4.69. The van der Waals surface area contributed by atoms with E-state index in [4.69, 9.17) is 16.3 Å². The maximum atomic E-state index is 12.6. The molecule has 0 saturated heterocycles. The van der Waals surface area contributed by atoms with Gasteiger partial charge in [-0.15, -0.1) is 0 Å². The highest BCUT2D eigenvalue weighted by atomic mass is 35.5. The SMILES string of the molecule is COc1cccc(NC(=O)CN(C)C(=O)c2cnn(-c3cccc(Cl)c3)c2)c1. The van der Waals surface area contributed by atoms with Gasteiger partial charge in [-0.3, -0.25) is 9.59 Å². The fourth-order valence-corrected chi connectivity index (χ4v) is 2.79. The number of ether oxygens (including phenoxy) is 1. The summed E-state index contributed by atoms with van der Waals surface area (Å²) >= 11 is 5.99. The van der Waals surface area contributed by atoms with E-state index in [1.165, 1.54) is 11.1 Å². The molecule has 2 amide bonds. The van der Waals surface area contributed by atoms with E-state index in [9.17, 15) is 9.59 Å². The Morgan fingerprint density at radius 2 is 2.00 bits per heavy atom. The minimum absolute atomic E-state index is 0.0988. The van der Waals surface area contributed by atoms with E-state index in [2.05, 4.69) is 10.4 Å². The van der Waals surface area contributed by atoms with Crippen molar-refractivity contribution in [2.24, 2.45) is 0 Å². The molecule has 0 bridgehead atoms. The lowest BCUT2D eigenvalue weighted by Gasteiger charge is -2.16. The molecule has 0 radical (unpaired) electrons. The van der Waals surface area contributed by atoms with Gasteiger partial charge in [-0.05, 0) is 30.3 Å². The van der Waals surface area contributed by atoms with Crippen LogP contribution in [0.15, 0.2) is 60.9 Å². The lowest BCUT2D eigenvalue weighted by Crippen LogP contribution is -2.34. The monoisotopic (exact) mass is 398 g/mol. The Morgan fingerprint density at radius 3 is 2.75 bits per heavy atom. The Hall–Kier alpha value is -3.32. The standard InChI is InChI=1S/C20H19ClN4O3/c1-24(13-19(26)23-16-6-4-8-18(10-16)28-2)20(27)14-11-22-25(12-14)17-7-3-5-15(21)9-17/h3-12H,13H2,1-2H3,(H,23,26). The van der Waals surface area contributed by atoms with Crippen molar-refractivity contribution in [2.75, 3.05) is 26.0 Å². The average molecular weight is 399 g/mol. The first-order valence-corrected chi connectivity index (χ1v) is 8.84. The second-order valence-corrected chi connectivity index (χ2v) is 6.53. The van der Waals surface area contributed by atoms with Crippen molar-refractivity contribution in [2.45, 2.75) is 0 Å². The summed E-state index contributed by atoms with van der Waals surface area (Å²) in [5.41, 5.74) is 1.71. The minimum Gasteiger partial charge on any atom is -0.497 e. The van der Waals surface area contributed by atoms with Crippen LogP contribution in [0.3, 0.4) is 0 Å². The van der Waals surface area contributed by atoms with Gasteiger partial charge in [-0.1, -0.05) is 23.7 Å². The Kier molecular flexibility index (Phi) is 5.96. The molecule has 0 aliphatic carbocycles. The predicted molar refractivity (Wildman–Crippen MR) is 107 cm³/mol. The number of carbonyl (C=O) groups excluding carboxylic acids is 2. The maximum Gasteiger partial charge on any atom is 0.257 e. The van der Waals surface area contributed by atoms with Crippen LogP contribution in [0.1, 0.15) is 10.4 Å². The normalized spacial score (nSPS) is 10.4. The van der Waals surface area contributed by atoms with E-state index in [0.29, 0.717) is 22.0 Å².